The zero-order chi connectivity index (χ0) is 18.1. The van der Waals surface area contributed by atoms with Crippen LogP contribution in [-0.2, 0) is 6.61 Å². The summed E-state index contributed by atoms with van der Waals surface area (Å²) in [5.74, 6) is 1.40. The Morgan fingerprint density at radius 3 is 2.92 bits per heavy atom. The fraction of sp³-hybridized carbons (Fsp3) is 0.500. The number of hydrogen-bond acceptors (Lipinski definition) is 5. The number of carbonyl (C=O) groups excluding carboxylic acids is 1. The molecule has 1 aliphatic carbocycles. The van der Waals surface area contributed by atoms with E-state index in [1.54, 1.807) is 6.07 Å². The van der Waals surface area contributed by atoms with Gasteiger partial charge in [0.15, 0.2) is 0 Å². The number of carbonyl (C=O) groups is 1. The van der Waals surface area contributed by atoms with Crippen molar-refractivity contribution in [2.24, 2.45) is 0 Å². The molecule has 6 heteroatoms. The topological polar surface area (TPSA) is 67.6 Å². The summed E-state index contributed by atoms with van der Waals surface area (Å²) < 4.78 is 11.0. The van der Waals surface area contributed by atoms with Crippen molar-refractivity contribution in [3.8, 4) is 5.75 Å². The Morgan fingerprint density at radius 2 is 2.19 bits per heavy atom. The number of ether oxygens (including phenoxy) is 1. The number of nitrogens with zero attached hydrogens (tertiary/aromatic N) is 2. The molecule has 1 N–H and O–H groups in total. The van der Waals surface area contributed by atoms with Gasteiger partial charge in [-0.3, -0.25) is 9.69 Å². The molecule has 0 radical (unpaired) electrons. The summed E-state index contributed by atoms with van der Waals surface area (Å²) in [5, 5.41) is 7.09. The van der Waals surface area contributed by atoms with Gasteiger partial charge in [0.1, 0.15) is 18.1 Å². The first-order valence-corrected chi connectivity index (χ1v) is 9.29. The first-order chi connectivity index (χ1) is 12.6. The number of nitrogens with one attached hydrogen (secondary N) is 1. The summed E-state index contributed by atoms with van der Waals surface area (Å²) in [4.78, 5) is 15.1. The summed E-state index contributed by atoms with van der Waals surface area (Å²) in [6.45, 7) is 6.21. The van der Waals surface area contributed by atoms with E-state index in [0.717, 1.165) is 42.6 Å². The molecule has 1 atom stereocenters. The maximum absolute atomic E-state index is 12.6. The Labute approximate surface area is 153 Å². The second kappa shape index (κ2) is 7.11. The number of amides is 1. The maximum atomic E-state index is 12.6. The normalized spacial score (nSPS) is 20.3. The van der Waals surface area contributed by atoms with E-state index in [9.17, 15) is 4.79 Å². The summed E-state index contributed by atoms with van der Waals surface area (Å²) in [5.41, 5.74) is 2.41. The zero-order valence-electron chi connectivity index (χ0n) is 15.3. The second-order valence-electron chi connectivity index (χ2n) is 7.30. The lowest BCUT2D eigenvalue weighted by molar-refractivity contribution is 0.0937. The highest BCUT2D eigenvalue weighted by Crippen LogP contribution is 2.29. The number of hydrogen-bond donors (Lipinski definition) is 1. The fourth-order valence-corrected chi connectivity index (χ4v) is 3.54. The van der Waals surface area contributed by atoms with E-state index in [0.29, 0.717) is 17.9 Å². The average molecular weight is 355 g/mol. The molecule has 2 aromatic rings. The summed E-state index contributed by atoms with van der Waals surface area (Å²) in [6, 6.07) is 8.34. The number of likely N-dealkylation sites (tertiary alicyclic amines) is 1. The van der Waals surface area contributed by atoms with Gasteiger partial charge < -0.3 is 14.6 Å². The van der Waals surface area contributed by atoms with Crippen molar-refractivity contribution < 1.29 is 14.1 Å². The third kappa shape index (κ3) is 3.75. The van der Waals surface area contributed by atoms with Gasteiger partial charge in [-0.2, -0.15) is 0 Å². The van der Waals surface area contributed by atoms with Gasteiger partial charge in [0.05, 0.1) is 11.3 Å². The van der Waals surface area contributed by atoms with Crippen LogP contribution in [0.2, 0.25) is 0 Å². The molecule has 0 unspecified atom stereocenters. The van der Waals surface area contributed by atoms with E-state index in [1.807, 2.05) is 32.0 Å². The Balaban J connectivity index is 1.35. The van der Waals surface area contributed by atoms with Crippen LogP contribution >= 0.6 is 0 Å². The van der Waals surface area contributed by atoms with Crippen LogP contribution < -0.4 is 10.1 Å². The van der Waals surface area contributed by atoms with Crippen molar-refractivity contribution in [3.05, 3.63) is 46.8 Å². The monoisotopic (exact) mass is 355 g/mol. The number of aromatic nitrogens is 1. The average Bonchev–Trinajstić information content (AvgIpc) is 3.31. The van der Waals surface area contributed by atoms with Crippen LogP contribution in [0.25, 0.3) is 0 Å². The van der Waals surface area contributed by atoms with E-state index in [2.05, 4.69) is 15.4 Å². The van der Waals surface area contributed by atoms with E-state index in [1.165, 1.54) is 12.8 Å². The van der Waals surface area contributed by atoms with Crippen molar-refractivity contribution in [2.45, 2.75) is 51.8 Å². The highest BCUT2D eigenvalue weighted by molar-refractivity contribution is 5.94. The molecule has 0 spiro atoms. The Bertz CT molecular complexity index is 778. The van der Waals surface area contributed by atoms with Crippen molar-refractivity contribution in [1.29, 1.82) is 0 Å². The molecule has 138 valence electrons. The van der Waals surface area contributed by atoms with Crippen LogP contribution in [0.5, 0.6) is 5.75 Å². The largest absolute Gasteiger partial charge is 0.489 e. The highest BCUT2D eigenvalue weighted by Gasteiger charge is 2.34. The van der Waals surface area contributed by atoms with Gasteiger partial charge in [-0.25, -0.2) is 0 Å². The Hall–Kier alpha value is -2.34. The maximum Gasteiger partial charge on any atom is 0.251 e. The predicted octanol–water partition coefficient (Wildman–Crippen LogP) is 2.84. The molecule has 1 saturated heterocycles. The third-order valence-electron chi connectivity index (χ3n) is 5.28. The van der Waals surface area contributed by atoms with E-state index in [-0.39, 0.29) is 11.9 Å². The number of benzene rings is 1. The second-order valence-corrected chi connectivity index (χ2v) is 7.30. The van der Waals surface area contributed by atoms with Gasteiger partial charge in [0.25, 0.3) is 5.91 Å². The van der Waals surface area contributed by atoms with Crippen LogP contribution in [-0.4, -0.2) is 41.1 Å². The molecule has 1 saturated carbocycles. The standard InChI is InChI=1S/C20H25N3O3/c1-13-19(14(2)26-22-13)12-25-18-5-3-4-15(10-18)20(24)21-16-8-9-23(11-16)17-6-7-17/h3-5,10,16-17H,6-9,11-12H2,1-2H3,(H,21,24)/t16-/m1/s1. The molecule has 0 bridgehead atoms. The molecule has 2 fully saturated rings. The molecule has 1 aromatic heterocycles. The van der Waals surface area contributed by atoms with Gasteiger partial charge >= 0.3 is 0 Å². The predicted molar refractivity (Wildman–Crippen MR) is 97.2 cm³/mol. The fourth-order valence-electron chi connectivity index (χ4n) is 3.54. The van der Waals surface area contributed by atoms with Crippen molar-refractivity contribution >= 4 is 5.91 Å². The van der Waals surface area contributed by atoms with Crippen molar-refractivity contribution in [1.82, 2.24) is 15.4 Å². The summed E-state index contributed by atoms with van der Waals surface area (Å²) in [7, 11) is 0. The van der Waals surface area contributed by atoms with Crippen molar-refractivity contribution in [2.75, 3.05) is 13.1 Å². The number of aryl methyl sites for hydroxylation is 2. The van der Waals surface area contributed by atoms with Gasteiger partial charge in [-0.15, -0.1) is 0 Å². The molecule has 4 rings (SSSR count). The molecule has 2 aliphatic rings. The van der Waals surface area contributed by atoms with Gasteiger partial charge in [-0.05, 0) is 51.3 Å². The molecule has 1 aliphatic heterocycles. The highest BCUT2D eigenvalue weighted by atomic mass is 16.5. The van der Waals surface area contributed by atoms with Crippen LogP contribution in [0.15, 0.2) is 28.8 Å². The van der Waals surface area contributed by atoms with Crippen LogP contribution in [0.1, 0.15) is 46.6 Å². The molecule has 6 nitrogen and oxygen atoms in total. The SMILES string of the molecule is Cc1noc(C)c1COc1cccc(C(=O)N[C@@H]2CCN(C3CC3)C2)c1. The van der Waals surface area contributed by atoms with E-state index >= 15 is 0 Å². The molecule has 2 heterocycles. The summed E-state index contributed by atoms with van der Waals surface area (Å²) >= 11 is 0. The lowest BCUT2D eigenvalue weighted by Gasteiger charge is -2.16. The quantitative estimate of drug-likeness (QED) is 0.863. The van der Waals surface area contributed by atoms with Gasteiger partial charge in [0, 0.05) is 30.7 Å². The Morgan fingerprint density at radius 1 is 1.35 bits per heavy atom. The third-order valence-corrected chi connectivity index (χ3v) is 5.28. The first-order valence-electron chi connectivity index (χ1n) is 9.29. The summed E-state index contributed by atoms with van der Waals surface area (Å²) in [6.07, 6.45) is 3.65. The molecule has 1 amide bonds. The van der Waals surface area contributed by atoms with E-state index < -0.39 is 0 Å². The Kier molecular flexibility index (Phi) is 4.68. The van der Waals surface area contributed by atoms with E-state index in [4.69, 9.17) is 9.26 Å². The lowest BCUT2D eigenvalue weighted by atomic mass is 10.1. The first kappa shape index (κ1) is 17.1. The molecular weight excluding hydrogens is 330 g/mol. The lowest BCUT2D eigenvalue weighted by Crippen LogP contribution is -2.37. The minimum Gasteiger partial charge on any atom is -0.489 e. The molecule has 1 aromatic carbocycles. The number of rotatable bonds is 6. The van der Waals surface area contributed by atoms with Crippen LogP contribution in [0.3, 0.4) is 0 Å². The zero-order valence-corrected chi connectivity index (χ0v) is 15.3. The minimum atomic E-state index is -0.0320. The molecule has 26 heavy (non-hydrogen) atoms. The minimum absolute atomic E-state index is 0.0320. The van der Waals surface area contributed by atoms with Crippen molar-refractivity contribution in [3.63, 3.8) is 0 Å². The van der Waals surface area contributed by atoms with Gasteiger partial charge in [-0.1, -0.05) is 11.2 Å². The van der Waals surface area contributed by atoms with Crippen LogP contribution in [0, 0.1) is 13.8 Å². The molecular formula is C20H25N3O3. The van der Waals surface area contributed by atoms with Gasteiger partial charge in [0.2, 0.25) is 0 Å². The van der Waals surface area contributed by atoms with Crippen LogP contribution in [0.4, 0.5) is 0 Å². The smallest absolute Gasteiger partial charge is 0.251 e.